The summed E-state index contributed by atoms with van der Waals surface area (Å²) in [6.07, 6.45) is 2.92. The zero-order valence-electron chi connectivity index (χ0n) is 17.3. The summed E-state index contributed by atoms with van der Waals surface area (Å²) >= 11 is 12.6. The summed E-state index contributed by atoms with van der Waals surface area (Å²) in [5.41, 5.74) is -0.306. The normalized spacial score (nSPS) is 13.6. The number of ether oxygens (including phenoxy) is 3. The molecule has 0 amide bonds. The van der Waals surface area contributed by atoms with Gasteiger partial charge in [0.2, 0.25) is 0 Å². The summed E-state index contributed by atoms with van der Waals surface area (Å²) in [6.45, 7) is 4.94. The van der Waals surface area contributed by atoms with Crippen LogP contribution in [0.15, 0.2) is 28.8 Å². The Morgan fingerprint density at radius 3 is 2.45 bits per heavy atom. The summed E-state index contributed by atoms with van der Waals surface area (Å²) in [4.78, 5) is 24.6. The molecule has 7 nitrogen and oxygen atoms in total. The molecule has 0 saturated carbocycles. The minimum absolute atomic E-state index is 0.00358. The van der Waals surface area contributed by atoms with Gasteiger partial charge in [-0.25, -0.2) is 13.9 Å². The third-order valence-corrected chi connectivity index (χ3v) is 5.40. The molecule has 0 N–H and O–H groups in total. The van der Waals surface area contributed by atoms with E-state index < -0.39 is 11.8 Å². The van der Waals surface area contributed by atoms with Crippen molar-refractivity contribution in [3.8, 4) is 16.9 Å². The van der Waals surface area contributed by atoms with Gasteiger partial charge in [0.05, 0.1) is 29.9 Å². The van der Waals surface area contributed by atoms with Gasteiger partial charge in [-0.1, -0.05) is 23.2 Å². The Labute approximate surface area is 188 Å². The molecule has 0 aliphatic carbocycles. The predicted molar refractivity (Wildman–Crippen MR) is 115 cm³/mol. The van der Waals surface area contributed by atoms with Crippen molar-refractivity contribution in [3.63, 3.8) is 0 Å². The van der Waals surface area contributed by atoms with Gasteiger partial charge >= 0.3 is 5.97 Å². The van der Waals surface area contributed by atoms with E-state index in [2.05, 4.69) is 0 Å². The fourth-order valence-electron chi connectivity index (χ4n) is 3.36. The van der Waals surface area contributed by atoms with Gasteiger partial charge in [0, 0.05) is 18.7 Å². The van der Waals surface area contributed by atoms with Gasteiger partial charge in [-0.2, -0.15) is 0 Å². The molecular weight excluding hydrogens is 450 g/mol. The average molecular weight is 473 g/mol. The second-order valence-electron chi connectivity index (χ2n) is 6.77. The number of aromatic nitrogens is 2. The van der Waals surface area contributed by atoms with Crippen molar-refractivity contribution in [1.82, 2.24) is 9.36 Å². The van der Waals surface area contributed by atoms with Gasteiger partial charge in [-0.15, -0.1) is 0 Å². The van der Waals surface area contributed by atoms with Gasteiger partial charge in [-0.3, -0.25) is 9.48 Å². The Kier molecular flexibility index (Phi) is 7.67. The number of rotatable bonds is 8. The Morgan fingerprint density at radius 2 is 1.81 bits per heavy atom. The Balaban J connectivity index is 1.93. The Morgan fingerprint density at radius 1 is 1.13 bits per heavy atom. The topological polar surface area (TPSA) is 71.7 Å². The van der Waals surface area contributed by atoms with Gasteiger partial charge in [-0.05, 0) is 38.8 Å². The van der Waals surface area contributed by atoms with E-state index in [1.54, 1.807) is 18.5 Å². The number of carbonyl (C=O) groups is 1. The van der Waals surface area contributed by atoms with Crippen LogP contribution in [0.5, 0.6) is 5.75 Å². The molecule has 3 rings (SSSR count). The van der Waals surface area contributed by atoms with Crippen molar-refractivity contribution in [1.29, 1.82) is 0 Å². The summed E-state index contributed by atoms with van der Waals surface area (Å²) in [5.74, 6) is -0.913. The van der Waals surface area contributed by atoms with Crippen molar-refractivity contribution in [2.45, 2.75) is 39.8 Å². The van der Waals surface area contributed by atoms with E-state index in [0.717, 1.165) is 18.9 Å². The van der Waals surface area contributed by atoms with Gasteiger partial charge < -0.3 is 14.2 Å². The molecule has 1 aliphatic heterocycles. The summed E-state index contributed by atoms with van der Waals surface area (Å²) in [5, 5.41) is 0.183. The number of benzene rings is 1. The molecule has 31 heavy (non-hydrogen) atoms. The molecule has 168 valence electrons. The van der Waals surface area contributed by atoms with Crippen molar-refractivity contribution >= 4 is 29.2 Å². The highest BCUT2D eigenvalue weighted by Gasteiger charge is 2.25. The maximum atomic E-state index is 14.8. The average Bonchev–Trinajstić information content (AvgIpc) is 2.98. The van der Waals surface area contributed by atoms with Crippen molar-refractivity contribution in [3.05, 3.63) is 50.3 Å². The number of fused-ring (bicyclic) bond motifs is 1. The molecule has 0 atom stereocenters. The number of carbonyl (C=O) groups excluding carboxylic acids is 1. The van der Waals surface area contributed by atoms with Crippen LogP contribution in [0, 0.1) is 5.82 Å². The molecule has 2 heterocycles. The first-order valence-corrected chi connectivity index (χ1v) is 10.7. The zero-order chi connectivity index (χ0) is 22.5. The van der Waals surface area contributed by atoms with Crippen LogP contribution >= 0.6 is 23.2 Å². The summed E-state index contributed by atoms with van der Waals surface area (Å²) < 4.78 is 33.9. The van der Waals surface area contributed by atoms with E-state index >= 15 is 0 Å². The first-order valence-electron chi connectivity index (χ1n) is 9.98. The van der Waals surface area contributed by atoms with Crippen molar-refractivity contribution in [2.24, 2.45) is 0 Å². The molecule has 0 fully saturated rings. The number of halogens is 3. The molecule has 0 unspecified atom stereocenters. The van der Waals surface area contributed by atoms with Crippen LogP contribution in [-0.4, -0.2) is 35.2 Å². The minimum Gasteiger partial charge on any atom is -0.494 e. The molecule has 0 bridgehead atoms. The highest BCUT2D eigenvalue weighted by molar-refractivity contribution is 6.33. The smallest absolute Gasteiger partial charge is 0.334 e. The number of esters is 1. The van der Waals surface area contributed by atoms with Crippen molar-refractivity contribution in [2.75, 3.05) is 19.8 Å². The lowest BCUT2D eigenvalue weighted by atomic mass is 10.1. The fraction of sp³-hybridized carbons (Fsp3) is 0.429. The second kappa shape index (κ2) is 10.2. The fourth-order valence-corrected chi connectivity index (χ4v) is 3.92. The predicted octanol–water partition coefficient (Wildman–Crippen LogP) is 4.42. The molecule has 1 aromatic carbocycles. The molecule has 10 heteroatoms. The Hall–Kier alpha value is -2.45. The number of nitrogens with zero attached hydrogens (tertiary/aromatic N) is 2. The van der Waals surface area contributed by atoms with Crippen molar-refractivity contribution < 1.29 is 23.4 Å². The summed E-state index contributed by atoms with van der Waals surface area (Å²) in [6, 6.07) is 2.40. The Bertz CT molecular complexity index is 1060. The SMILES string of the molecule is CCOC(=O)/C=C(\COc1cc(-c2c(Cl)n3n(c2=O)CCCC3)c(F)cc1Cl)OCC. The van der Waals surface area contributed by atoms with E-state index in [1.807, 2.05) is 0 Å². The molecule has 0 radical (unpaired) electrons. The van der Waals surface area contributed by atoms with E-state index in [9.17, 15) is 14.0 Å². The van der Waals surface area contributed by atoms with E-state index in [4.69, 9.17) is 37.4 Å². The highest BCUT2D eigenvalue weighted by atomic mass is 35.5. The highest BCUT2D eigenvalue weighted by Crippen LogP contribution is 2.36. The molecule has 1 aromatic heterocycles. The van der Waals surface area contributed by atoms with E-state index in [0.29, 0.717) is 19.7 Å². The molecule has 0 saturated heterocycles. The maximum Gasteiger partial charge on any atom is 0.334 e. The van der Waals surface area contributed by atoms with Crippen LogP contribution in [0.1, 0.15) is 26.7 Å². The molecule has 2 aromatic rings. The van der Waals surface area contributed by atoms with E-state index in [-0.39, 0.29) is 51.6 Å². The molecule has 0 spiro atoms. The monoisotopic (exact) mass is 472 g/mol. The lowest BCUT2D eigenvalue weighted by molar-refractivity contribution is -0.137. The number of hydrogen-bond donors (Lipinski definition) is 0. The second-order valence-corrected chi connectivity index (χ2v) is 7.54. The molecule has 1 aliphatic rings. The van der Waals surface area contributed by atoms with E-state index in [1.165, 1.54) is 16.8 Å². The van der Waals surface area contributed by atoms with Gasteiger partial charge in [0.15, 0.2) is 0 Å². The lowest BCUT2D eigenvalue weighted by Crippen LogP contribution is -2.27. The zero-order valence-corrected chi connectivity index (χ0v) is 18.8. The quantitative estimate of drug-likeness (QED) is 0.323. The van der Waals surface area contributed by atoms with Crippen LogP contribution in [0.4, 0.5) is 4.39 Å². The minimum atomic E-state index is -0.688. The third-order valence-electron chi connectivity index (χ3n) is 4.72. The maximum absolute atomic E-state index is 14.8. The van der Waals surface area contributed by atoms with Crippen LogP contribution in [0.2, 0.25) is 10.2 Å². The lowest BCUT2D eigenvalue weighted by Gasteiger charge is -2.17. The van der Waals surface area contributed by atoms with Crippen LogP contribution in [0.25, 0.3) is 11.1 Å². The van der Waals surface area contributed by atoms with Crippen LogP contribution < -0.4 is 10.3 Å². The third kappa shape index (κ3) is 5.07. The first-order chi connectivity index (χ1) is 14.9. The van der Waals surface area contributed by atoms with Gasteiger partial charge in [0.1, 0.15) is 29.1 Å². The number of hydrogen-bond acceptors (Lipinski definition) is 5. The first kappa shape index (κ1) is 23.2. The summed E-state index contributed by atoms with van der Waals surface area (Å²) in [7, 11) is 0. The standard InChI is InChI=1S/C21H23Cl2FN2O5/c1-3-29-13(9-18(27)30-4-2)12-31-17-10-14(16(24)11-15(17)22)19-20(23)25-7-5-6-8-26(25)21(19)28/h9-11H,3-8,12H2,1-2H3/b13-9+. The molecular formula is C21H23Cl2FN2O5. The van der Waals surface area contributed by atoms with Gasteiger partial charge in [0.25, 0.3) is 5.56 Å². The van der Waals surface area contributed by atoms with Crippen LogP contribution in [0.3, 0.4) is 0 Å². The van der Waals surface area contributed by atoms with Crippen LogP contribution in [-0.2, 0) is 27.4 Å². The largest absolute Gasteiger partial charge is 0.494 e.